The number of amides is 2. The summed E-state index contributed by atoms with van der Waals surface area (Å²) in [6.45, 7) is 3.41. The number of hydrogen-bond donors (Lipinski definition) is 2. The SMILES string of the molecule is Cc1cc(CCC(=O)NC[C@@H]2CCn3ncc(C(N)=O)c3C2)ccc1Br. The Morgan fingerprint density at radius 2 is 2.23 bits per heavy atom. The van der Waals surface area contributed by atoms with Gasteiger partial charge in [-0.2, -0.15) is 5.10 Å². The first kappa shape index (κ1) is 18.6. The number of nitrogens with one attached hydrogen (secondary N) is 1. The van der Waals surface area contributed by atoms with Crippen molar-refractivity contribution >= 4 is 27.7 Å². The number of carbonyl (C=O) groups excluding carboxylic acids is 2. The molecule has 1 aromatic carbocycles. The highest BCUT2D eigenvalue weighted by molar-refractivity contribution is 9.10. The Bertz CT molecular complexity index is 831. The molecule has 1 aliphatic heterocycles. The Morgan fingerprint density at radius 1 is 1.42 bits per heavy atom. The first-order valence-corrected chi connectivity index (χ1v) is 9.59. The van der Waals surface area contributed by atoms with E-state index in [1.165, 1.54) is 5.56 Å². The minimum absolute atomic E-state index is 0.0553. The zero-order valence-corrected chi connectivity index (χ0v) is 16.4. The first-order valence-electron chi connectivity index (χ1n) is 8.80. The predicted molar refractivity (Wildman–Crippen MR) is 103 cm³/mol. The molecular weight excluding hydrogens is 396 g/mol. The number of rotatable bonds is 6. The van der Waals surface area contributed by atoms with Gasteiger partial charge in [-0.1, -0.05) is 28.1 Å². The van der Waals surface area contributed by atoms with Crippen LogP contribution in [-0.4, -0.2) is 28.1 Å². The number of nitrogens with two attached hydrogens (primary N) is 1. The molecule has 0 fully saturated rings. The average molecular weight is 419 g/mol. The molecule has 0 radical (unpaired) electrons. The van der Waals surface area contributed by atoms with E-state index in [9.17, 15) is 9.59 Å². The van der Waals surface area contributed by atoms with E-state index in [0.717, 1.165) is 35.1 Å². The molecule has 0 bridgehead atoms. The first-order chi connectivity index (χ1) is 12.4. The molecule has 0 unspecified atom stereocenters. The summed E-state index contributed by atoms with van der Waals surface area (Å²) < 4.78 is 2.92. The predicted octanol–water partition coefficient (Wildman–Crippen LogP) is 2.36. The number of aromatic nitrogens is 2. The van der Waals surface area contributed by atoms with Gasteiger partial charge in [-0.15, -0.1) is 0 Å². The topological polar surface area (TPSA) is 90.0 Å². The van der Waals surface area contributed by atoms with Crippen LogP contribution < -0.4 is 11.1 Å². The highest BCUT2D eigenvalue weighted by Crippen LogP contribution is 2.22. The maximum atomic E-state index is 12.2. The molecule has 7 heteroatoms. The van der Waals surface area contributed by atoms with Gasteiger partial charge in [-0.25, -0.2) is 0 Å². The van der Waals surface area contributed by atoms with Crippen molar-refractivity contribution in [2.75, 3.05) is 6.54 Å². The zero-order valence-electron chi connectivity index (χ0n) is 14.8. The van der Waals surface area contributed by atoms with E-state index >= 15 is 0 Å². The van der Waals surface area contributed by atoms with Crippen LogP contribution in [0.15, 0.2) is 28.9 Å². The molecule has 0 saturated heterocycles. The number of nitrogens with zero attached hydrogens (tertiary/aromatic N) is 2. The van der Waals surface area contributed by atoms with Crippen LogP contribution in [0.5, 0.6) is 0 Å². The van der Waals surface area contributed by atoms with Gasteiger partial charge in [-0.05, 0) is 49.3 Å². The third-order valence-corrected chi connectivity index (χ3v) is 5.79. The smallest absolute Gasteiger partial charge is 0.252 e. The van der Waals surface area contributed by atoms with Crippen LogP contribution in [0.25, 0.3) is 0 Å². The molecule has 138 valence electrons. The van der Waals surface area contributed by atoms with Crippen molar-refractivity contribution in [2.45, 2.75) is 39.2 Å². The lowest BCUT2D eigenvalue weighted by Gasteiger charge is -2.24. The molecule has 2 heterocycles. The Morgan fingerprint density at radius 3 is 2.96 bits per heavy atom. The normalized spacial score (nSPS) is 16.2. The van der Waals surface area contributed by atoms with Crippen LogP contribution in [0.2, 0.25) is 0 Å². The number of fused-ring (bicyclic) bond motifs is 1. The van der Waals surface area contributed by atoms with Crippen LogP contribution in [0.1, 0.15) is 40.0 Å². The van der Waals surface area contributed by atoms with Gasteiger partial charge >= 0.3 is 0 Å². The molecule has 1 aliphatic rings. The molecule has 3 N–H and O–H groups in total. The molecule has 1 aromatic heterocycles. The summed E-state index contributed by atoms with van der Waals surface area (Å²) in [7, 11) is 0. The standard InChI is InChI=1S/C19H23BrN4O2/c1-12-8-13(2-4-16(12)20)3-5-18(25)22-10-14-6-7-24-17(9-14)15(11-23-24)19(21)26/h2,4,8,11,14H,3,5-7,9-10H2,1H3,(H2,21,26)(H,22,25)/t14-/m1/s1. The van der Waals surface area contributed by atoms with Gasteiger partial charge in [0.1, 0.15) is 0 Å². The lowest BCUT2D eigenvalue weighted by molar-refractivity contribution is -0.121. The molecular formula is C19H23BrN4O2. The maximum Gasteiger partial charge on any atom is 0.252 e. The van der Waals surface area contributed by atoms with E-state index in [2.05, 4.69) is 32.4 Å². The Kier molecular flexibility index (Phi) is 5.76. The summed E-state index contributed by atoms with van der Waals surface area (Å²) in [4.78, 5) is 23.6. The van der Waals surface area contributed by atoms with E-state index in [0.29, 0.717) is 30.9 Å². The molecule has 1 atom stereocenters. The Hall–Kier alpha value is -2.15. The molecule has 0 aliphatic carbocycles. The minimum Gasteiger partial charge on any atom is -0.365 e. The molecule has 3 rings (SSSR count). The highest BCUT2D eigenvalue weighted by atomic mass is 79.9. The largest absolute Gasteiger partial charge is 0.365 e. The summed E-state index contributed by atoms with van der Waals surface area (Å²) in [5.74, 6) is -0.0864. The summed E-state index contributed by atoms with van der Waals surface area (Å²) in [6.07, 6.45) is 4.38. The van der Waals surface area contributed by atoms with Crippen LogP contribution in [0.4, 0.5) is 0 Å². The van der Waals surface area contributed by atoms with E-state index in [-0.39, 0.29) is 5.91 Å². The van der Waals surface area contributed by atoms with Crippen molar-refractivity contribution < 1.29 is 9.59 Å². The lowest BCUT2D eigenvalue weighted by Crippen LogP contribution is -2.34. The van der Waals surface area contributed by atoms with Gasteiger partial charge < -0.3 is 11.1 Å². The molecule has 6 nitrogen and oxygen atoms in total. The lowest BCUT2D eigenvalue weighted by atomic mass is 9.94. The van der Waals surface area contributed by atoms with Gasteiger partial charge in [0, 0.05) is 24.0 Å². The molecule has 2 amide bonds. The second-order valence-electron chi connectivity index (χ2n) is 6.84. The van der Waals surface area contributed by atoms with Crippen LogP contribution in [0, 0.1) is 12.8 Å². The maximum absolute atomic E-state index is 12.2. The molecule has 0 spiro atoms. The van der Waals surface area contributed by atoms with Crippen molar-refractivity contribution in [3.8, 4) is 0 Å². The fourth-order valence-electron chi connectivity index (χ4n) is 3.35. The Labute approximate surface area is 161 Å². The number of hydrogen-bond acceptors (Lipinski definition) is 3. The van der Waals surface area contributed by atoms with Crippen molar-refractivity contribution in [2.24, 2.45) is 11.7 Å². The van der Waals surface area contributed by atoms with E-state index in [1.807, 2.05) is 23.7 Å². The van der Waals surface area contributed by atoms with Crippen LogP contribution in [0.3, 0.4) is 0 Å². The Balaban J connectivity index is 1.48. The summed E-state index contributed by atoms with van der Waals surface area (Å²) >= 11 is 3.49. The molecule has 26 heavy (non-hydrogen) atoms. The van der Waals surface area contributed by atoms with Crippen molar-refractivity contribution in [3.63, 3.8) is 0 Å². The van der Waals surface area contributed by atoms with Gasteiger partial charge in [0.25, 0.3) is 5.91 Å². The molecule has 0 saturated carbocycles. The van der Waals surface area contributed by atoms with E-state index in [4.69, 9.17) is 5.73 Å². The van der Waals surface area contributed by atoms with E-state index < -0.39 is 5.91 Å². The van der Waals surface area contributed by atoms with Gasteiger partial charge in [-0.3, -0.25) is 14.3 Å². The number of carbonyl (C=O) groups is 2. The van der Waals surface area contributed by atoms with E-state index in [1.54, 1.807) is 6.20 Å². The fourth-order valence-corrected chi connectivity index (χ4v) is 3.59. The quantitative estimate of drug-likeness (QED) is 0.754. The summed E-state index contributed by atoms with van der Waals surface area (Å²) in [6, 6.07) is 6.16. The number of benzene rings is 1. The van der Waals surface area contributed by atoms with Gasteiger partial charge in [0.2, 0.25) is 5.91 Å². The summed E-state index contributed by atoms with van der Waals surface area (Å²) in [5.41, 5.74) is 9.11. The summed E-state index contributed by atoms with van der Waals surface area (Å²) in [5, 5.41) is 7.24. The third kappa shape index (κ3) is 4.33. The zero-order chi connectivity index (χ0) is 18.7. The monoisotopic (exact) mass is 418 g/mol. The highest BCUT2D eigenvalue weighted by Gasteiger charge is 2.24. The fraction of sp³-hybridized carbons (Fsp3) is 0.421. The second kappa shape index (κ2) is 8.03. The number of aryl methyl sites for hydroxylation is 3. The second-order valence-corrected chi connectivity index (χ2v) is 7.69. The number of primary amides is 1. The molecule has 2 aromatic rings. The third-order valence-electron chi connectivity index (χ3n) is 4.90. The number of halogens is 1. The van der Waals surface area contributed by atoms with Crippen LogP contribution in [-0.2, 0) is 24.2 Å². The van der Waals surface area contributed by atoms with Gasteiger partial charge in [0.05, 0.1) is 17.5 Å². The van der Waals surface area contributed by atoms with Crippen molar-refractivity contribution in [3.05, 3.63) is 51.3 Å². The van der Waals surface area contributed by atoms with Crippen molar-refractivity contribution in [1.82, 2.24) is 15.1 Å². The van der Waals surface area contributed by atoms with Gasteiger partial charge in [0.15, 0.2) is 0 Å². The average Bonchev–Trinajstić information content (AvgIpc) is 3.04. The van der Waals surface area contributed by atoms with Crippen LogP contribution >= 0.6 is 15.9 Å². The van der Waals surface area contributed by atoms with Crippen molar-refractivity contribution in [1.29, 1.82) is 0 Å². The minimum atomic E-state index is -0.444.